The summed E-state index contributed by atoms with van der Waals surface area (Å²) in [5.41, 5.74) is 1.24. The number of amides is 1. The van der Waals surface area contributed by atoms with Gasteiger partial charge in [-0.3, -0.25) is 4.79 Å². The van der Waals surface area contributed by atoms with Gasteiger partial charge in [0.25, 0.3) is 5.89 Å². The molecule has 0 aliphatic rings. The number of aromatic nitrogens is 2. The van der Waals surface area contributed by atoms with E-state index in [9.17, 15) is 13.6 Å². The molecule has 0 spiro atoms. The molecule has 0 aliphatic carbocycles. The third kappa shape index (κ3) is 3.66. The summed E-state index contributed by atoms with van der Waals surface area (Å²) in [5, 5.41) is 6.37. The molecular weight excluding hydrogens is 368 g/mol. The number of halogens is 2. The van der Waals surface area contributed by atoms with Crippen LogP contribution in [0.15, 0.2) is 69.7 Å². The molecule has 1 N–H and O–H groups in total. The number of hydrogen-bond acceptors (Lipinski definition) is 5. The van der Waals surface area contributed by atoms with Gasteiger partial charge >= 0.3 is 5.91 Å². The van der Waals surface area contributed by atoms with Crippen molar-refractivity contribution in [2.24, 2.45) is 0 Å². The molecule has 0 radical (unpaired) electrons. The molecule has 0 atom stereocenters. The molecule has 0 aliphatic heterocycles. The summed E-state index contributed by atoms with van der Waals surface area (Å²) in [7, 11) is 0. The molecule has 6 nitrogen and oxygen atoms in total. The molecule has 0 fully saturated rings. The minimum Gasteiger partial charge on any atom is -0.432 e. The predicted octanol–water partition coefficient (Wildman–Crippen LogP) is 4.20. The number of hydrogen-bond donors (Lipinski definition) is 1. The average Bonchev–Trinajstić information content (AvgIpc) is 3.37. The number of oxazole rings is 1. The van der Waals surface area contributed by atoms with Crippen LogP contribution in [-0.2, 0) is 6.54 Å². The first-order chi connectivity index (χ1) is 13.6. The van der Waals surface area contributed by atoms with Crippen LogP contribution in [-0.4, -0.2) is 16.0 Å². The predicted molar refractivity (Wildman–Crippen MR) is 95.0 cm³/mol. The Kier molecular flexibility index (Phi) is 4.67. The van der Waals surface area contributed by atoms with E-state index < -0.39 is 17.5 Å². The molecule has 0 bridgehead atoms. The summed E-state index contributed by atoms with van der Waals surface area (Å²) in [6.07, 6.45) is 1.47. The van der Waals surface area contributed by atoms with Gasteiger partial charge in [0.15, 0.2) is 11.5 Å². The second-order valence-corrected chi connectivity index (χ2v) is 5.89. The quantitative estimate of drug-likeness (QED) is 0.560. The van der Waals surface area contributed by atoms with Crippen LogP contribution in [0.4, 0.5) is 8.78 Å². The van der Waals surface area contributed by atoms with Gasteiger partial charge in [0.05, 0.1) is 18.3 Å². The second-order valence-electron chi connectivity index (χ2n) is 5.89. The Morgan fingerprint density at radius 1 is 1.04 bits per heavy atom. The van der Waals surface area contributed by atoms with Crippen molar-refractivity contribution in [2.45, 2.75) is 6.54 Å². The fourth-order valence-electron chi connectivity index (χ4n) is 2.57. The standard InChI is InChI=1S/C20H13F2N3O3/c21-13-6-7-15(16(22)8-13)17-9-14(25-28-17)10-23-19(26)20-24-11-18(27-20)12-4-2-1-3-5-12/h1-9,11H,10H2,(H,23,26). The lowest BCUT2D eigenvalue weighted by Crippen LogP contribution is -2.23. The van der Waals surface area contributed by atoms with Crippen LogP contribution in [0.3, 0.4) is 0 Å². The Morgan fingerprint density at radius 3 is 2.64 bits per heavy atom. The molecule has 28 heavy (non-hydrogen) atoms. The average molecular weight is 381 g/mol. The van der Waals surface area contributed by atoms with Crippen molar-refractivity contribution in [3.63, 3.8) is 0 Å². The molecule has 0 unspecified atom stereocenters. The lowest BCUT2D eigenvalue weighted by atomic mass is 10.1. The maximum atomic E-state index is 13.8. The Bertz CT molecular complexity index is 1120. The minimum absolute atomic E-state index is 0.0220. The number of nitrogens with one attached hydrogen (secondary N) is 1. The first-order valence-electron chi connectivity index (χ1n) is 8.30. The highest BCUT2D eigenvalue weighted by Gasteiger charge is 2.16. The van der Waals surface area contributed by atoms with Gasteiger partial charge in [-0.05, 0) is 12.1 Å². The van der Waals surface area contributed by atoms with Crippen molar-refractivity contribution < 1.29 is 22.5 Å². The van der Waals surface area contributed by atoms with Gasteiger partial charge in [0.2, 0.25) is 0 Å². The molecule has 1 amide bonds. The normalized spacial score (nSPS) is 10.8. The molecule has 2 heterocycles. The highest BCUT2D eigenvalue weighted by Crippen LogP contribution is 2.24. The van der Waals surface area contributed by atoms with E-state index in [2.05, 4.69) is 15.5 Å². The third-order valence-corrected chi connectivity index (χ3v) is 3.94. The molecule has 2 aromatic carbocycles. The van der Waals surface area contributed by atoms with Gasteiger partial charge in [-0.15, -0.1) is 0 Å². The van der Waals surface area contributed by atoms with E-state index in [1.54, 1.807) is 0 Å². The Hall–Kier alpha value is -3.81. The topological polar surface area (TPSA) is 81.2 Å². The van der Waals surface area contributed by atoms with E-state index in [1.165, 1.54) is 18.3 Å². The van der Waals surface area contributed by atoms with Crippen LogP contribution in [0, 0.1) is 11.6 Å². The Morgan fingerprint density at radius 2 is 1.86 bits per heavy atom. The van der Waals surface area contributed by atoms with Crippen LogP contribution >= 0.6 is 0 Å². The highest BCUT2D eigenvalue weighted by molar-refractivity contribution is 5.89. The maximum absolute atomic E-state index is 13.8. The van der Waals surface area contributed by atoms with Crippen LogP contribution in [0.25, 0.3) is 22.6 Å². The van der Waals surface area contributed by atoms with Crippen molar-refractivity contribution in [3.8, 4) is 22.6 Å². The van der Waals surface area contributed by atoms with Gasteiger partial charge in [-0.25, -0.2) is 13.8 Å². The van der Waals surface area contributed by atoms with Crippen molar-refractivity contribution >= 4 is 5.91 Å². The van der Waals surface area contributed by atoms with E-state index in [1.807, 2.05) is 30.3 Å². The van der Waals surface area contributed by atoms with Gasteiger partial charge in [0, 0.05) is 17.7 Å². The molecule has 0 saturated heterocycles. The number of rotatable bonds is 5. The summed E-state index contributed by atoms with van der Waals surface area (Å²) in [4.78, 5) is 16.2. The summed E-state index contributed by atoms with van der Waals surface area (Å²) < 4.78 is 37.3. The van der Waals surface area contributed by atoms with E-state index >= 15 is 0 Å². The van der Waals surface area contributed by atoms with Gasteiger partial charge in [0.1, 0.15) is 17.3 Å². The van der Waals surface area contributed by atoms with Crippen molar-refractivity contribution in [1.82, 2.24) is 15.5 Å². The van der Waals surface area contributed by atoms with Crippen LogP contribution < -0.4 is 5.32 Å². The summed E-state index contributed by atoms with van der Waals surface area (Å²) in [6.45, 7) is 0.0220. The first kappa shape index (κ1) is 17.6. The summed E-state index contributed by atoms with van der Waals surface area (Å²) >= 11 is 0. The zero-order chi connectivity index (χ0) is 19.5. The fraction of sp³-hybridized carbons (Fsp3) is 0.0500. The molecule has 140 valence electrons. The first-order valence-corrected chi connectivity index (χ1v) is 8.30. The second kappa shape index (κ2) is 7.43. The van der Waals surface area contributed by atoms with Crippen LogP contribution in [0.5, 0.6) is 0 Å². The maximum Gasteiger partial charge on any atom is 0.307 e. The van der Waals surface area contributed by atoms with Crippen LogP contribution in [0.1, 0.15) is 16.4 Å². The van der Waals surface area contributed by atoms with E-state index in [4.69, 9.17) is 8.94 Å². The Labute approximate surface area is 157 Å². The molecule has 0 saturated carbocycles. The van der Waals surface area contributed by atoms with E-state index in [0.29, 0.717) is 11.5 Å². The SMILES string of the molecule is O=C(NCc1cc(-c2ccc(F)cc2F)on1)c1ncc(-c2ccccc2)o1. The van der Waals surface area contributed by atoms with Crippen molar-refractivity contribution in [3.05, 3.63) is 84.0 Å². The van der Waals surface area contributed by atoms with E-state index in [-0.39, 0.29) is 23.8 Å². The van der Waals surface area contributed by atoms with Gasteiger partial charge < -0.3 is 14.3 Å². The van der Waals surface area contributed by atoms with Crippen molar-refractivity contribution in [1.29, 1.82) is 0 Å². The number of carbonyl (C=O) groups excluding carboxylic acids is 1. The van der Waals surface area contributed by atoms with Gasteiger partial charge in [-0.2, -0.15) is 0 Å². The Balaban J connectivity index is 1.42. The molecular formula is C20H13F2N3O3. The smallest absolute Gasteiger partial charge is 0.307 e. The summed E-state index contributed by atoms with van der Waals surface area (Å²) in [6, 6.07) is 13.8. The summed E-state index contributed by atoms with van der Waals surface area (Å²) in [5.74, 6) is -1.47. The van der Waals surface area contributed by atoms with Gasteiger partial charge in [-0.1, -0.05) is 35.5 Å². The minimum atomic E-state index is -0.764. The number of benzene rings is 2. The zero-order valence-electron chi connectivity index (χ0n) is 14.4. The molecule has 2 aromatic heterocycles. The lowest BCUT2D eigenvalue weighted by Gasteiger charge is -1.99. The zero-order valence-corrected chi connectivity index (χ0v) is 14.4. The largest absolute Gasteiger partial charge is 0.432 e. The number of carbonyl (C=O) groups is 1. The fourth-order valence-corrected chi connectivity index (χ4v) is 2.57. The van der Waals surface area contributed by atoms with E-state index in [0.717, 1.165) is 17.7 Å². The molecule has 8 heteroatoms. The third-order valence-electron chi connectivity index (χ3n) is 3.94. The molecule has 4 aromatic rings. The monoisotopic (exact) mass is 381 g/mol. The van der Waals surface area contributed by atoms with Crippen LogP contribution in [0.2, 0.25) is 0 Å². The molecule has 4 rings (SSSR count). The number of nitrogens with zero attached hydrogens (tertiary/aromatic N) is 2. The lowest BCUT2D eigenvalue weighted by molar-refractivity contribution is 0.0916. The highest BCUT2D eigenvalue weighted by atomic mass is 19.1. The van der Waals surface area contributed by atoms with Crippen molar-refractivity contribution in [2.75, 3.05) is 0 Å².